The molecule has 2 aromatic rings. The molecule has 0 aliphatic heterocycles. The van der Waals surface area contributed by atoms with Crippen molar-refractivity contribution in [2.75, 3.05) is 13.2 Å². The van der Waals surface area contributed by atoms with Crippen LogP contribution in [-0.2, 0) is 0 Å². The van der Waals surface area contributed by atoms with E-state index >= 15 is 0 Å². The average Bonchev–Trinajstić information content (AvgIpc) is 2.81. The van der Waals surface area contributed by atoms with Gasteiger partial charge < -0.3 is 14.6 Å². The van der Waals surface area contributed by atoms with Gasteiger partial charge in [-0.25, -0.2) is 0 Å². The Bertz CT molecular complexity index is 563. The third-order valence-corrected chi connectivity index (χ3v) is 2.51. The van der Waals surface area contributed by atoms with Crippen molar-refractivity contribution in [1.29, 1.82) is 0 Å². The van der Waals surface area contributed by atoms with Crippen LogP contribution in [-0.4, -0.2) is 24.2 Å². The second-order valence-electron chi connectivity index (χ2n) is 4.24. The molecular formula is C14H16N2O3. The quantitative estimate of drug-likeness (QED) is 0.836. The average molecular weight is 260 g/mol. The lowest BCUT2D eigenvalue weighted by atomic mass is 10.2. The fraction of sp³-hybridized carbons (Fsp3) is 0.286. The third kappa shape index (κ3) is 3.84. The number of carbonyl (C=O) groups excluding carboxylic acids is 1. The largest absolute Gasteiger partial charge is 0.492 e. The van der Waals surface area contributed by atoms with E-state index in [2.05, 4.69) is 10.5 Å². The second kappa shape index (κ2) is 6.04. The molecule has 0 radical (unpaired) electrons. The molecular weight excluding hydrogens is 244 g/mol. The van der Waals surface area contributed by atoms with Gasteiger partial charge in [-0.15, -0.1) is 0 Å². The molecule has 0 atom stereocenters. The molecule has 0 unspecified atom stereocenters. The smallest absolute Gasteiger partial charge is 0.273 e. The van der Waals surface area contributed by atoms with Gasteiger partial charge in [-0.2, -0.15) is 0 Å². The number of rotatable bonds is 5. The maximum atomic E-state index is 11.6. The summed E-state index contributed by atoms with van der Waals surface area (Å²) in [6.07, 6.45) is 0. The predicted octanol–water partition coefficient (Wildman–Crippen LogP) is 2.10. The Kier molecular flexibility index (Phi) is 4.18. The minimum absolute atomic E-state index is 0.260. The number of ether oxygens (including phenoxy) is 1. The summed E-state index contributed by atoms with van der Waals surface area (Å²) in [6.45, 7) is 4.57. The summed E-state index contributed by atoms with van der Waals surface area (Å²) in [5.41, 5.74) is 1.42. The molecule has 1 heterocycles. The van der Waals surface area contributed by atoms with Crippen LogP contribution in [0.15, 0.2) is 34.9 Å². The first-order valence-corrected chi connectivity index (χ1v) is 6.06. The van der Waals surface area contributed by atoms with Crippen molar-refractivity contribution in [3.63, 3.8) is 0 Å². The Morgan fingerprint density at radius 2 is 2.21 bits per heavy atom. The van der Waals surface area contributed by atoms with Gasteiger partial charge >= 0.3 is 0 Å². The molecule has 0 bridgehead atoms. The molecule has 0 saturated heterocycles. The van der Waals surface area contributed by atoms with Crippen LogP contribution in [0.3, 0.4) is 0 Å². The summed E-state index contributed by atoms with van der Waals surface area (Å²) < 4.78 is 10.4. The lowest BCUT2D eigenvalue weighted by Gasteiger charge is -2.07. The van der Waals surface area contributed by atoms with E-state index in [4.69, 9.17) is 9.26 Å². The van der Waals surface area contributed by atoms with E-state index < -0.39 is 0 Å². The van der Waals surface area contributed by atoms with Gasteiger partial charge in [0.15, 0.2) is 5.69 Å². The monoisotopic (exact) mass is 260 g/mol. The topological polar surface area (TPSA) is 64.4 Å². The first kappa shape index (κ1) is 13.1. The number of carbonyl (C=O) groups is 1. The highest BCUT2D eigenvalue weighted by atomic mass is 16.5. The van der Waals surface area contributed by atoms with E-state index in [1.165, 1.54) is 0 Å². The van der Waals surface area contributed by atoms with E-state index in [9.17, 15) is 4.79 Å². The van der Waals surface area contributed by atoms with E-state index in [-0.39, 0.29) is 11.6 Å². The van der Waals surface area contributed by atoms with Gasteiger partial charge in [-0.3, -0.25) is 4.79 Å². The molecule has 5 heteroatoms. The van der Waals surface area contributed by atoms with Crippen molar-refractivity contribution < 1.29 is 14.1 Å². The maximum Gasteiger partial charge on any atom is 0.273 e. The molecule has 1 aromatic carbocycles. The number of benzene rings is 1. The normalized spacial score (nSPS) is 10.2. The van der Waals surface area contributed by atoms with Crippen LogP contribution in [0.5, 0.6) is 5.75 Å². The second-order valence-corrected chi connectivity index (χ2v) is 4.24. The van der Waals surface area contributed by atoms with Crippen molar-refractivity contribution in [3.05, 3.63) is 47.3 Å². The first-order valence-electron chi connectivity index (χ1n) is 6.06. The van der Waals surface area contributed by atoms with E-state index in [0.717, 1.165) is 11.3 Å². The lowest BCUT2D eigenvalue weighted by molar-refractivity contribution is 0.0938. The molecule has 2 rings (SSSR count). The zero-order chi connectivity index (χ0) is 13.7. The van der Waals surface area contributed by atoms with Crippen molar-refractivity contribution in [2.24, 2.45) is 0 Å². The summed E-state index contributed by atoms with van der Waals surface area (Å²) >= 11 is 0. The maximum absolute atomic E-state index is 11.6. The van der Waals surface area contributed by atoms with E-state index in [1.54, 1.807) is 13.0 Å². The number of nitrogens with one attached hydrogen (secondary N) is 1. The van der Waals surface area contributed by atoms with Crippen LogP contribution in [0.4, 0.5) is 0 Å². The molecule has 0 aliphatic carbocycles. The highest BCUT2D eigenvalue weighted by Gasteiger charge is 2.09. The summed E-state index contributed by atoms with van der Waals surface area (Å²) in [4.78, 5) is 11.6. The standard InChI is InChI=1S/C14H16N2O3/c1-10-4-3-5-12(8-10)18-7-6-15-14(17)13-9-11(2)19-16-13/h3-5,8-9H,6-7H2,1-2H3,(H,15,17). The van der Waals surface area contributed by atoms with E-state index in [1.807, 2.05) is 31.2 Å². The highest BCUT2D eigenvalue weighted by Crippen LogP contribution is 2.11. The molecule has 5 nitrogen and oxygen atoms in total. The minimum Gasteiger partial charge on any atom is -0.492 e. The fourth-order valence-electron chi connectivity index (χ4n) is 1.60. The Morgan fingerprint density at radius 3 is 2.89 bits per heavy atom. The van der Waals surface area contributed by atoms with Gasteiger partial charge in [0.25, 0.3) is 5.91 Å². The van der Waals surface area contributed by atoms with Crippen LogP contribution < -0.4 is 10.1 Å². The molecule has 0 aliphatic rings. The molecule has 100 valence electrons. The SMILES string of the molecule is Cc1cccc(OCCNC(=O)c2cc(C)on2)c1. The van der Waals surface area contributed by atoms with Crippen LogP contribution in [0.2, 0.25) is 0 Å². The number of amides is 1. The summed E-state index contributed by atoms with van der Waals surface area (Å²) in [5.74, 6) is 1.15. The van der Waals surface area contributed by atoms with Crippen molar-refractivity contribution in [1.82, 2.24) is 10.5 Å². The van der Waals surface area contributed by atoms with Crippen LogP contribution in [0, 0.1) is 13.8 Å². The van der Waals surface area contributed by atoms with Gasteiger partial charge in [0, 0.05) is 6.07 Å². The molecule has 0 saturated carbocycles. The Labute approximate surface area is 111 Å². The van der Waals surface area contributed by atoms with Gasteiger partial charge in [0.2, 0.25) is 0 Å². The van der Waals surface area contributed by atoms with Crippen molar-refractivity contribution >= 4 is 5.91 Å². The molecule has 1 aromatic heterocycles. The minimum atomic E-state index is -0.260. The Balaban J connectivity index is 1.74. The predicted molar refractivity (Wildman–Crippen MR) is 70.2 cm³/mol. The molecule has 1 amide bonds. The molecule has 19 heavy (non-hydrogen) atoms. The first-order chi connectivity index (χ1) is 9.15. The van der Waals surface area contributed by atoms with Gasteiger partial charge in [0.1, 0.15) is 18.1 Å². The van der Waals surface area contributed by atoms with Gasteiger partial charge in [-0.1, -0.05) is 17.3 Å². The van der Waals surface area contributed by atoms with Crippen molar-refractivity contribution in [2.45, 2.75) is 13.8 Å². The molecule has 0 fully saturated rings. The number of nitrogens with zero attached hydrogens (tertiary/aromatic N) is 1. The zero-order valence-electron chi connectivity index (χ0n) is 11.0. The van der Waals surface area contributed by atoms with Crippen LogP contribution >= 0.6 is 0 Å². The van der Waals surface area contributed by atoms with Crippen LogP contribution in [0.1, 0.15) is 21.8 Å². The van der Waals surface area contributed by atoms with Gasteiger partial charge in [0.05, 0.1) is 6.54 Å². The number of aromatic nitrogens is 1. The van der Waals surface area contributed by atoms with Crippen LogP contribution in [0.25, 0.3) is 0 Å². The Hall–Kier alpha value is -2.30. The van der Waals surface area contributed by atoms with E-state index in [0.29, 0.717) is 18.9 Å². The summed E-state index contributed by atoms with van der Waals surface area (Å²) in [6, 6.07) is 9.36. The number of aryl methyl sites for hydroxylation is 2. The fourth-order valence-corrected chi connectivity index (χ4v) is 1.60. The Morgan fingerprint density at radius 1 is 1.37 bits per heavy atom. The zero-order valence-corrected chi connectivity index (χ0v) is 11.0. The number of hydrogen-bond acceptors (Lipinski definition) is 4. The lowest BCUT2D eigenvalue weighted by Crippen LogP contribution is -2.28. The van der Waals surface area contributed by atoms with Gasteiger partial charge in [-0.05, 0) is 31.5 Å². The summed E-state index contributed by atoms with van der Waals surface area (Å²) in [5, 5.41) is 6.35. The van der Waals surface area contributed by atoms with Crippen molar-refractivity contribution in [3.8, 4) is 5.75 Å². The molecule has 0 spiro atoms. The summed E-state index contributed by atoms with van der Waals surface area (Å²) in [7, 11) is 0. The molecule has 1 N–H and O–H groups in total. The number of hydrogen-bond donors (Lipinski definition) is 1. The third-order valence-electron chi connectivity index (χ3n) is 2.51. The highest BCUT2D eigenvalue weighted by molar-refractivity contribution is 5.92.